The molecule has 0 saturated heterocycles. The van der Waals surface area contributed by atoms with E-state index in [0.717, 1.165) is 43.2 Å². The van der Waals surface area contributed by atoms with Crippen molar-refractivity contribution in [3.8, 4) is 0 Å². The first kappa shape index (κ1) is 19.6. The van der Waals surface area contributed by atoms with Crippen molar-refractivity contribution in [2.24, 2.45) is 4.99 Å². The Labute approximate surface area is 175 Å². The topological polar surface area (TPSA) is 61.8 Å². The maximum Gasteiger partial charge on any atom is 0.275 e. The van der Waals surface area contributed by atoms with Crippen LogP contribution >= 0.6 is 11.6 Å². The van der Waals surface area contributed by atoms with Gasteiger partial charge in [-0.25, -0.2) is 0 Å². The third-order valence-electron chi connectivity index (χ3n) is 5.75. The molecule has 0 bridgehead atoms. The molecule has 1 aliphatic carbocycles. The molecule has 29 heavy (non-hydrogen) atoms. The van der Waals surface area contributed by atoms with Gasteiger partial charge < -0.3 is 10.2 Å². The summed E-state index contributed by atoms with van der Waals surface area (Å²) in [5, 5.41) is 3.46. The zero-order valence-corrected chi connectivity index (χ0v) is 17.2. The molecule has 1 heterocycles. The number of rotatable bonds is 4. The fourth-order valence-electron chi connectivity index (χ4n) is 4.20. The van der Waals surface area contributed by atoms with Gasteiger partial charge in [0.25, 0.3) is 5.91 Å². The summed E-state index contributed by atoms with van der Waals surface area (Å²) in [6, 6.07) is 14.9. The van der Waals surface area contributed by atoms with Crippen molar-refractivity contribution in [1.29, 1.82) is 0 Å². The minimum absolute atomic E-state index is 0.0232. The third kappa shape index (κ3) is 3.92. The lowest BCUT2D eigenvalue weighted by Gasteiger charge is -2.38. The van der Waals surface area contributed by atoms with E-state index in [0.29, 0.717) is 16.4 Å². The van der Waals surface area contributed by atoms with E-state index >= 15 is 0 Å². The monoisotopic (exact) mass is 409 g/mol. The van der Waals surface area contributed by atoms with Crippen LogP contribution in [0.1, 0.15) is 43.2 Å². The Kier molecular flexibility index (Phi) is 5.41. The van der Waals surface area contributed by atoms with Crippen molar-refractivity contribution < 1.29 is 9.59 Å². The first-order valence-corrected chi connectivity index (χ1v) is 10.4. The molecule has 150 valence electrons. The Morgan fingerprint density at radius 1 is 1.14 bits per heavy atom. The number of hydrogen-bond donors (Lipinski definition) is 1. The van der Waals surface area contributed by atoms with Gasteiger partial charge in [-0.15, -0.1) is 0 Å². The highest BCUT2D eigenvalue weighted by Crippen LogP contribution is 2.39. The molecule has 5 nitrogen and oxygen atoms in total. The molecule has 2 amide bonds. The van der Waals surface area contributed by atoms with Gasteiger partial charge in [0, 0.05) is 16.3 Å². The van der Waals surface area contributed by atoms with Crippen molar-refractivity contribution in [3.05, 3.63) is 64.7 Å². The van der Waals surface area contributed by atoms with Crippen LogP contribution in [0.25, 0.3) is 0 Å². The number of carbonyl (C=O) groups is 2. The molecule has 2 aliphatic rings. The fourth-order valence-corrected chi connectivity index (χ4v) is 4.37. The maximum atomic E-state index is 13.3. The quantitative estimate of drug-likeness (QED) is 0.803. The van der Waals surface area contributed by atoms with Gasteiger partial charge in [-0.05, 0) is 50.3 Å². The van der Waals surface area contributed by atoms with Gasteiger partial charge >= 0.3 is 0 Å². The predicted octanol–water partition coefficient (Wildman–Crippen LogP) is 4.58. The van der Waals surface area contributed by atoms with Gasteiger partial charge in [-0.1, -0.05) is 54.4 Å². The average molecular weight is 410 g/mol. The number of nitrogens with one attached hydrogen (secondary N) is 1. The molecule has 2 aromatic rings. The highest BCUT2D eigenvalue weighted by molar-refractivity contribution is 6.47. The minimum Gasteiger partial charge on any atom is -0.324 e. The van der Waals surface area contributed by atoms with Gasteiger partial charge in [0.1, 0.15) is 17.9 Å². The number of amides is 2. The molecule has 0 aromatic heterocycles. The van der Waals surface area contributed by atoms with E-state index in [9.17, 15) is 9.59 Å². The molecule has 1 aliphatic heterocycles. The van der Waals surface area contributed by atoms with Crippen LogP contribution in [0.3, 0.4) is 0 Å². The molecule has 1 fully saturated rings. The summed E-state index contributed by atoms with van der Waals surface area (Å²) in [4.78, 5) is 32.7. The molecule has 1 saturated carbocycles. The zero-order valence-electron chi connectivity index (χ0n) is 16.5. The van der Waals surface area contributed by atoms with Gasteiger partial charge in [0.2, 0.25) is 5.91 Å². The molecule has 6 heteroatoms. The Hall–Kier alpha value is -2.66. The first-order chi connectivity index (χ1) is 14.0. The highest BCUT2D eigenvalue weighted by Gasteiger charge is 2.48. The van der Waals surface area contributed by atoms with Gasteiger partial charge in [-0.2, -0.15) is 0 Å². The SMILES string of the molecule is Cc1ccc(Cl)cc1NC(=O)CN1C(=O)C(c2ccccc2)=NC12CCCCC2. The van der Waals surface area contributed by atoms with E-state index in [1.807, 2.05) is 43.3 Å². The number of benzene rings is 2. The van der Waals surface area contributed by atoms with Gasteiger partial charge in [0.15, 0.2) is 0 Å². The van der Waals surface area contributed by atoms with E-state index in [4.69, 9.17) is 16.6 Å². The summed E-state index contributed by atoms with van der Waals surface area (Å²) in [6.07, 6.45) is 4.72. The number of anilines is 1. The highest BCUT2D eigenvalue weighted by atomic mass is 35.5. The summed E-state index contributed by atoms with van der Waals surface area (Å²) in [7, 11) is 0. The van der Waals surface area contributed by atoms with E-state index in [1.54, 1.807) is 17.0 Å². The number of halogens is 1. The van der Waals surface area contributed by atoms with Crippen LogP contribution < -0.4 is 5.32 Å². The molecule has 0 radical (unpaired) electrons. The Bertz CT molecular complexity index is 965. The van der Waals surface area contributed by atoms with Crippen LogP contribution in [-0.4, -0.2) is 34.6 Å². The van der Waals surface area contributed by atoms with Crippen LogP contribution in [0.4, 0.5) is 5.69 Å². The van der Waals surface area contributed by atoms with Crippen LogP contribution in [0, 0.1) is 6.92 Å². The fraction of sp³-hybridized carbons (Fsp3) is 0.348. The van der Waals surface area contributed by atoms with Crippen LogP contribution in [0.15, 0.2) is 53.5 Å². The molecular formula is C23H24ClN3O2. The number of aryl methyl sites for hydroxylation is 1. The number of nitrogens with zero attached hydrogens (tertiary/aromatic N) is 2. The average Bonchev–Trinajstić information content (AvgIpc) is 2.98. The molecule has 4 rings (SSSR count). The van der Waals surface area contributed by atoms with Gasteiger partial charge in [0.05, 0.1) is 0 Å². The first-order valence-electron chi connectivity index (χ1n) is 10.0. The normalized spacial score (nSPS) is 18.1. The van der Waals surface area contributed by atoms with Crippen molar-refractivity contribution in [3.63, 3.8) is 0 Å². The third-order valence-corrected chi connectivity index (χ3v) is 5.98. The largest absolute Gasteiger partial charge is 0.324 e. The molecule has 1 spiro atoms. The molecule has 0 atom stereocenters. The standard InChI is InChI=1S/C23H24ClN3O2/c1-16-10-11-18(24)14-19(16)25-20(28)15-27-22(29)21(17-8-4-2-5-9-17)26-23(27)12-6-3-7-13-23/h2,4-5,8-11,14H,3,6-7,12-13,15H2,1H3,(H,25,28). The lowest BCUT2D eigenvalue weighted by Crippen LogP contribution is -2.51. The summed E-state index contributed by atoms with van der Waals surface area (Å²) in [6.45, 7) is 1.89. The Balaban J connectivity index is 1.59. The van der Waals surface area contributed by atoms with Gasteiger partial charge in [-0.3, -0.25) is 14.6 Å². The van der Waals surface area contributed by atoms with Crippen LogP contribution in [0.2, 0.25) is 5.02 Å². The minimum atomic E-state index is -0.610. The zero-order chi connectivity index (χ0) is 20.4. The van der Waals surface area contributed by atoms with E-state index < -0.39 is 5.66 Å². The van der Waals surface area contributed by atoms with Crippen molar-refractivity contribution in [2.45, 2.75) is 44.7 Å². The van der Waals surface area contributed by atoms with Crippen LogP contribution in [0.5, 0.6) is 0 Å². The number of hydrogen-bond acceptors (Lipinski definition) is 3. The van der Waals surface area contributed by atoms with E-state index in [2.05, 4.69) is 5.32 Å². The van der Waals surface area contributed by atoms with E-state index in [-0.39, 0.29) is 18.4 Å². The Morgan fingerprint density at radius 2 is 1.86 bits per heavy atom. The maximum absolute atomic E-state index is 13.3. The predicted molar refractivity (Wildman–Crippen MR) is 115 cm³/mol. The molecule has 2 aromatic carbocycles. The number of aliphatic imine (C=N–C) groups is 1. The van der Waals surface area contributed by atoms with Crippen molar-refractivity contribution in [1.82, 2.24) is 4.90 Å². The van der Waals surface area contributed by atoms with Crippen molar-refractivity contribution in [2.75, 3.05) is 11.9 Å². The summed E-state index contributed by atoms with van der Waals surface area (Å²) >= 11 is 6.06. The molecular weight excluding hydrogens is 386 g/mol. The summed E-state index contributed by atoms with van der Waals surface area (Å²) in [5.74, 6) is -0.408. The lowest BCUT2D eigenvalue weighted by molar-refractivity contribution is -0.134. The number of carbonyl (C=O) groups excluding carboxylic acids is 2. The lowest BCUT2D eigenvalue weighted by atomic mass is 9.88. The van der Waals surface area contributed by atoms with E-state index in [1.165, 1.54) is 0 Å². The second-order valence-corrected chi connectivity index (χ2v) is 8.20. The molecule has 0 unspecified atom stereocenters. The summed E-state index contributed by atoms with van der Waals surface area (Å²) < 4.78 is 0. The van der Waals surface area contributed by atoms with Crippen molar-refractivity contribution >= 4 is 34.8 Å². The second kappa shape index (κ2) is 7.99. The molecule has 1 N–H and O–H groups in total. The second-order valence-electron chi connectivity index (χ2n) is 7.77. The van der Waals surface area contributed by atoms with Crippen LogP contribution in [-0.2, 0) is 9.59 Å². The summed E-state index contributed by atoms with van der Waals surface area (Å²) in [5.41, 5.74) is 2.23. The Morgan fingerprint density at radius 3 is 2.59 bits per heavy atom. The smallest absolute Gasteiger partial charge is 0.275 e.